The van der Waals surface area contributed by atoms with Crippen LogP contribution in [0, 0.1) is 11.8 Å². The first-order valence-corrected chi connectivity index (χ1v) is 12.2. The fraction of sp³-hybridized carbons (Fsp3) is 0.346. The average molecular weight is 514 g/mol. The summed E-state index contributed by atoms with van der Waals surface area (Å²) in [5.41, 5.74) is 10.2. The second-order valence-corrected chi connectivity index (χ2v) is 9.18. The molecule has 4 aromatic rings. The van der Waals surface area contributed by atoms with E-state index >= 15 is 0 Å². The second kappa shape index (κ2) is 10.4. The van der Waals surface area contributed by atoms with Gasteiger partial charge in [-0.05, 0) is 44.7 Å². The highest BCUT2D eigenvalue weighted by atomic mass is 16.5. The maximum atomic E-state index is 12.9. The van der Waals surface area contributed by atoms with Crippen molar-refractivity contribution in [2.45, 2.75) is 38.6 Å². The number of nitrogen functional groups attached to an aromatic ring is 1. The number of anilines is 1. The van der Waals surface area contributed by atoms with Crippen LogP contribution < -0.4 is 5.73 Å². The summed E-state index contributed by atoms with van der Waals surface area (Å²) in [6.07, 6.45) is 5.92. The minimum absolute atomic E-state index is 0.0747. The lowest BCUT2D eigenvalue weighted by atomic mass is 9.86. The first-order chi connectivity index (χ1) is 18.4. The fourth-order valence-electron chi connectivity index (χ4n) is 4.89. The molecule has 2 atom stereocenters. The third-order valence-corrected chi connectivity index (χ3v) is 6.71. The number of ether oxygens (including phenoxy) is 1. The van der Waals surface area contributed by atoms with Crippen LogP contribution in [0.4, 0.5) is 5.82 Å². The third kappa shape index (κ3) is 4.59. The summed E-state index contributed by atoms with van der Waals surface area (Å²) in [7, 11) is 1.59. The molecule has 1 amide bonds. The topological polar surface area (TPSA) is 157 Å². The van der Waals surface area contributed by atoms with Gasteiger partial charge in [0.2, 0.25) is 5.82 Å². The third-order valence-electron chi connectivity index (χ3n) is 6.71. The number of carbonyl (C=O) groups excluding carboxylic acids is 2. The Morgan fingerprint density at radius 2 is 2.11 bits per heavy atom. The van der Waals surface area contributed by atoms with Crippen LogP contribution in [0.5, 0.6) is 0 Å². The molecule has 12 nitrogen and oxygen atoms in total. The normalized spacial score (nSPS) is 17.3. The molecule has 0 bridgehead atoms. The van der Waals surface area contributed by atoms with Crippen molar-refractivity contribution in [2.24, 2.45) is 0 Å². The lowest BCUT2D eigenvalue weighted by Gasteiger charge is -2.37. The summed E-state index contributed by atoms with van der Waals surface area (Å²) in [5, 5.41) is 10.8. The zero-order chi connectivity index (χ0) is 26.8. The van der Waals surface area contributed by atoms with E-state index in [9.17, 15) is 9.59 Å². The fourth-order valence-corrected chi connectivity index (χ4v) is 4.89. The van der Waals surface area contributed by atoms with Crippen molar-refractivity contribution >= 4 is 23.2 Å². The van der Waals surface area contributed by atoms with Crippen molar-refractivity contribution < 1.29 is 14.3 Å². The molecule has 12 heteroatoms. The lowest BCUT2D eigenvalue weighted by molar-refractivity contribution is 0.0601. The van der Waals surface area contributed by atoms with Gasteiger partial charge in [-0.1, -0.05) is 5.92 Å². The van der Waals surface area contributed by atoms with E-state index in [1.54, 1.807) is 24.4 Å². The first kappa shape index (κ1) is 25.0. The van der Waals surface area contributed by atoms with Crippen LogP contribution in [0.3, 0.4) is 0 Å². The van der Waals surface area contributed by atoms with Crippen molar-refractivity contribution in [3.05, 3.63) is 53.6 Å². The number of ketones is 1. The molecule has 1 saturated heterocycles. The Morgan fingerprint density at radius 1 is 1.26 bits per heavy atom. The van der Waals surface area contributed by atoms with Crippen molar-refractivity contribution in [2.75, 3.05) is 26.0 Å². The zero-order valence-electron chi connectivity index (χ0n) is 21.3. The van der Waals surface area contributed by atoms with Gasteiger partial charge in [-0.25, -0.2) is 15.0 Å². The molecule has 3 N–H and O–H groups in total. The van der Waals surface area contributed by atoms with Gasteiger partial charge in [-0.15, -0.1) is 0 Å². The maximum absolute atomic E-state index is 12.9. The Morgan fingerprint density at radius 3 is 2.76 bits per heavy atom. The van der Waals surface area contributed by atoms with Crippen LogP contribution in [-0.2, 0) is 4.74 Å². The Kier molecular flexibility index (Phi) is 6.85. The van der Waals surface area contributed by atoms with Crippen molar-refractivity contribution in [3.8, 4) is 23.0 Å². The van der Waals surface area contributed by atoms with Crippen molar-refractivity contribution in [3.63, 3.8) is 0 Å². The number of aromatic nitrogens is 7. The highest BCUT2D eigenvalue weighted by Crippen LogP contribution is 2.36. The van der Waals surface area contributed by atoms with Gasteiger partial charge in [-0.2, -0.15) is 14.7 Å². The van der Waals surface area contributed by atoms with Gasteiger partial charge in [0.15, 0.2) is 11.4 Å². The Bertz CT molecular complexity index is 1550. The Labute approximate surface area is 218 Å². The number of nitrogens with two attached hydrogens (primary N) is 1. The number of amides is 1. The predicted octanol–water partition coefficient (Wildman–Crippen LogP) is 2.10. The highest BCUT2D eigenvalue weighted by molar-refractivity contribution is 6.00. The lowest BCUT2D eigenvalue weighted by Crippen LogP contribution is -2.44. The molecule has 5 heterocycles. The zero-order valence-corrected chi connectivity index (χ0v) is 21.3. The molecule has 1 aliphatic heterocycles. The van der Waals surface area contributed by atoms with Crippen molar-refractivity contribution in [1.29, 1.82) is 0 Å². The Hall–Kier alpha value is -4.63. The molecule has 0 spiro atoms. The number of rotatable bonds is 5. The quantitative estimate of drug-likeness (QED) is 0.301. The van der Waals surface area contributed by atoms with Crippen molar-refractivity contribution in [1.82, 2.24) is 39.7 Å². The minimum atomic E-state index is -0.205. The average Bonchev–Trinajstić information content (AvgIpc) is 3.59. The number of Topliss-reactive ketones (excluding diaryl/α,β-unsaturated/α-hetero) is 1. The van der Waals surface area contributed by atoms with Crippen LogP contribution in [0.15, 0.2) is 30.9 Å². The number of piperidine rings is 1. The maximum Gasteiger partial charge on any atom is 0.291 e. The number of hydrogen-bond acceptors (Lipinski definition) is 9. The first-order valence-electron chi connectivity index (χ1n) is 12.2. The van der Waals surface area contributed by atoms with Gasteiger partial charge in [0.05, 0.1) is 17.5 Å². The van der Waals surface area contributed by atoms with E-state index in [4.69, 9.17) is 15.5 Å². The van der Waals surface area contributed by atoms with E-state index in [2.05, 4.69) is 37.1 Å². The molecular formula is C26H27N9O3. The molecule has 4 aromatic heterocycles. The summed E-state index contributed by atoms with van der Waals surface area (Å²) in [6, 6.07) is 3.61. The molecule has 38 heavy (non-hydrogen) atoms. The number of fused-ring (bicyclic) bond motifs is 1. The largest absolute Gasteiger partial charge is 0.383 e. The van der Waals surface area contributed by atoms with E-state index in [1.807, 2.05) is 19.1 Å². The van der Waals surface area contributed by atoms with Gasteiger partial charge in [-0.3, -0.25) is 14.7 Å². The Balaban J connectivity index is 1.49. The van der Waals surface area contributed by atoms with Gasteiger partial charge >= 0.3 is 0 Å². The molecule has 0 aliphatic carbocycles. The summed E-state index contributed by atoms with van der Waals surface area (Å²) >= 11 is 0. The van der Waals surface area contributed by atoms with Crippen LogP contribution in [0.1, 0.15) is 65.0 Å². The number of nitrogens with one attached hydrogen (secondary N) is 1. The number of likely N-dealkylation sites (tertiary alicyclic amines) is 1. The molecular weight excluding hydrogens is 486 g/mol. The SMILES string of the molecule is COCC#Cc1ccc(-c2cnn3c(N)c(C(C)=O)c([C@@H]4CCN(C(=O)c5ncn[nH]5)[C@@H](C)C4)nc23)cn1. The summed E-state index contributed by atoms with van der Waals surface area (Å²) < 4.78 is 6.45. The number of nitrogens with zero attached hydrogens (tertiary/aromatic N) is 7. The summed E-state index contributed by atoms with van der Waals surface area (Å²) in [6.45, 7) is 4.26. The summed E-state index contributed by atoms with van der Waals surface area (Å²) in [5.74, 6) is 5.81. The van der Waals surface area contributed by atoms with E-state index in [0.29, 0.717) is 48.6 Å². The molecule has 194 valence electrons. The molecule has 5 rings (SSSR count). The minimum Gasteiger partial charge on any atom is -0.383 e. The van der Waals surface area contributed by atoms with E-state index < -0.39 is 0 Å². The number of pyridine rings is 1. The van der Waals surface area contributed by atoms with Crippen LogP contribution in [-0.4, -0.2) is 77.7 Å². The van der Waals surface area contributed by atoms with Gasteiger partial charge < -0.3 is 15.4 Å². The van der Waals surface area contributed by atoms with Gasteiger partial charge in [0.25, 0.3) is 5.91 Å². The van der Waals surface area contributed by atoms with Crippen LogP contribution >= 0.6 is 0 Å². The van der Waals surface area contributed by atoms with Crippen LogP contribution in [0.25, 0.3) is 16.8 Å². The molecule has 1 aliphatic rings. The van der Waals surface area contributed by atoms with E-state index in [1.165, 1.54) is 17.8 Å². The smallest absolute Gasteiger partial charge is 0.291 e. The monoisotopic (exact) mass is 513 g/mol. The molecule has 0 unspecified atom stereocenters. The van der Waals surface area contributed by atoms with E-state index in [0.717, 1.165) is 11.1 Å². The number of aromatic amines is 1. The summed E-state index contributed by atoms with van der Waals surface area (Å²) in [4.78, 5) is 40.7. The predicted molar refractivity (Wildman–Crippen MR) is 138 cm³/mol. The molecule has 1 fully saturated rings. The van der Waals surface area contributed by atoms with Gasteiger partial charge in [0.1, 0.15) is 24.4 Å². The number of hydrogen-bond donors (Lipinski definition) is 2. The highest BCUT2D eigenvalue weighted by Gasteiger charge is 2.34. The standard InChI is InChI=1S/C26H27N9O3/c1-15-11-17(8-9-34(15)26(37)24-29-14-30-33-24)22-21(16(2)36)23(27)35-25(32-22)20(13-31-35)18-6-7-19(28-12-18)5-4-10-38-3/h6-7,12-15,17H,8-11,27H2,1-3H3,(H,29,30,33)/t15-,17+/m0/s1. The van der Waals surface area contributed by atoms with Gasteiger partial charge in [0, 0.05) is 42.9 Å². The second-order valence-electron chi connectivity index (χ2n) is 9.18. The van der Waals surface area contributed by atoms with E-state index in [-0.39, 0.29) is 35.3 Å². The number of carbonyl (C=O) groups is 2. The molecule has 0 aromatic carbocycles. The molecule has 0 saturated carbocycles. The number of methoxy groups -OCH3 is 1. The number of H-pyrrole nitrogens is 1. The van der Waals surface area contributed by atoms with Crippen LogP contribution in [0.2, 0.25) is 0 Å². The molecule has 0 radical (unpaired) electrons.